The van der Waals surface area contributed by atoms with E-state index in [0.29, 0.717) is 24.7 Å². The number of nitrogens with one attached hydrogen (secondary N) is 2. The Bertz CT molecular complexity index is 382. The third kappa shape index (κ3) is 3.44. The van der Waals surface area contributed by atoms with E-state index in [1.54, 1.807) is 11.8 Å². The van der Waals surface area contributed by atoms with Gasteiger partial charge < -0.3 is 15.2 Å². The summed E-state index contributed by atoms with van der Waals surface area (Å²) < 4.78 is 5.12. The molecule has 1 saturated heterocycles. The van der Waals surface area contributed by atoms with Crippen LogP contribution in [0.15, 0.2) is 4.52 Å². The number of amides is 1. The van der Waals surface area contributed by atoms with Crippen LogP contribution in [0.25, 0.3) is 0 Å². The van der Waals surface area contributed by atoms with E-state index in [1.165, 1.54) is 0 Å². The fourth-order valence-electron chi connectivity index (χ4n) is 1.61. The summed E-state index contributed by atoms with van der Waals surface area (Å²) in [6.07, 6.45) is 0.454. The van der Waals surface area contributed by atoms with Crippen LogP contribution in [-0.2, 0) is 17.0 Å². The molecule has 0 aliphatic carbocycles. The summed E-state index contributed by atoms with van der Waals surface area (Å²) in [6.45, 7) is 3.54. The Morgan fingerprint density at radius 2 is 2.41 bits per heavy atom. The average molecular weight is 256 g/mol. The molecule has 0 bridgehead atoms. The number of thioether (sulfide) groups is 1. The molecule has 1 unspecified atom stereocenters. The lowest BCUT2D eigenvalue weighted by Crippen LogP contribution is -2.53. The summed E-state index contributed by atoms with van der Waals surface area (Å²) in [6, 6.07) is -0.254. The standard InChI is InChI=1S/C10H16N4O2S/c1-2-17-6-8-13-9(16-14-8)5-7-10(15)12-4-3-11-7/h7,11H,2-6H2,1H3,(H,12,15). The maximum Gasteiger partial charge on any atom is 0.237 e. The molecule has 1 aliphatic rings. The van der Waals surface area contributed by atoms with E-state index in [-0.39, 0.29) is 11.9 Å². The lowest BCUT2D eigenvalue weighted by atomic mass is 10.1. The van der Waals surface area contributed by atoms with Crippen LogP contribution in [0, 0.1) is 0 Å². The minimum Gasteiger partial charge on any atom is -0.353 e. The van der Waals surface area contributed by atoms with Crippen molar-refractivity contribution < 1.29 is 9.32 Å². The van der Waals surface area contributed by atoms with E-state index >= 15 is 0 Å². The minimum atomic E-state index is -0.254. The second-order valence-corrected chi connectivity index (χ2v) is 5.02. The average Bonchev–Trinajstić information content (AvgIpc) is 2.77. The van der Waals surface area contributed by atoms with Crippen molar-refractivity contribution in [3.05, 3.63) is 11.7 Å². The van der Waals surface area contributed by atoms with E-state index in [2.05, 4.69) is 27.7 Å². The van der Waals surface area contributed by atoms with Crippen molar-refractivity contribution in [3.63, 3.8) is 0 Å². The van der Waals surface area contributed by atoms with Crippen LogP contribution in [0.1, 0.15) is 18.6 Å². The third-order valence-electron chi connectivity index (χ3n) is 2.46. The molecule has 2 N–H and O–H groups in total. The van der Waals surface area contributed by atoms with Gasteiger partial charge in [0, 0.05) is 13.1 Å². The molecule has 7 heteroatoms. The van der Waals surface area contributed by atoms with Gasteiger partial charge in [-0.05, 0) is 5.75 Å². The van der Waals surface area contributed by atoms with Gasteiger partial charge >= 0.3 is 0 Å². The summed E-state index contributed by atoms with van der Waals surface area (Å²) in [7, 11) is 0. The predicted octanol–water partition coefficient (Wildman–Crippen LogP) is -0.0468. The Hall–Kier alpha value is -1.08. The van der Waals surface area contributed by atoms with Gasteiger partial charge in [-0.15, -0.1) is 0 Å². The van der Waals surface area contributed by atoms with Crippen molar-refractivity contribution in [2.24, 2.45) is 0 Å². The van der Waals surface area contributed by atoms with Crippen molar-refractivity contribution >= 4 is 17.7 Å². The highest BCUT2D eigenvalue weighted by molar-refractivity contribution is 7.98. The van der Waals surface area contributed by atoms with Crippen LogP contribution >= 0.6 is 11.8 Å². The zero-order valence-corrected chi connectivity index (χ0v) is 10.5. The van der Waals surface area contributed by atoms with E-state index in [9.17, 15) is 4.79 Å². The molecule has 0 aromatic carbocycles. The predicted molar refractivity (Wildman–Crippen MR) is 64.6 cm³/mol. The van der Waals surface area contributed by atoms with Crippen LogP contribution < -0.4 is 10.6 Å². The summed E-state index contributed by atoms with van der Waals surface area (Å²) in [5.74, 6) is 2.99. The largest absolute Gasteiger partial charge is 0.353 e. The zero-order chi connectivity index (χ0) is 12.1. The van der Waals surface area contributed by atoms with Crippen LogP contribution in [0.2, 0.25) is 0 Å². The number of hydrogen-bond donors (Lipinski definition) is 2. The molecule has 17 heavy (non-hydrogen) atoms. The van der Waals surface area contributed by atoms with Gasteiger partial charge in [0.15, 0.2) is 5.82 Å². The van der Waals surface area contributed by atoms with E-state index < -0.39 is 0 Å². The first-order chi connectivity index (χ1) is 8.29. The van der Waals surface area contributed by atoms with Crippen LogP contribution in [0.3, 0.4) is 0 Å². The molecule has 2 rings (SSSR count). The van der Waals surface area contributed by atoms with Gasteiger partial charge in [0.05, 0.1) is 18.2 Å². The molecule has 0 spiro atoms. The smallest absolute Gasteiger partial charge is 0.237 e. The zero-order valence-electron chi connectivity index (χ0n) is 9.73. The van der Waals surface area contributed by atoms with Gasteiger partial charge in [0.2, 0.25) is 11.8 Å². The monoisotopic (exact) mass is 256 g/mol. The molecule has 1 fully saturated rings. The van der Waals surface area contributed by atoms with Crippen LogP contribution in [0.4, 0.5) is 0 Å². The second kappa shape index (κ2) is 6.02. The summed E-state index contributed by atoms with van der Waals surface area (Å²) >= 11 is 1.74. The molecule has 94 valence electrons. The molecular weight excluding hydrogens is 240 g/mol. The highest BCUT2D eigenvalue weighted by atomic mass is 32.2. The van der Waals surface area contributed by atoms with Gasteiger partial charge in [-0.3, -0.25) is 4.79 Å². The van der Waals surface area contributed by atoms with Crippen LogP contribution in [-0.4, -0.2) is 40.9 Å². The van der Waals surface area contributed by atoms with Crippen molar-refractivity contribution in [1.29, 1.82) is 0 Å². The minimum absolute atomic E-state index is 0.000988. The Morgan fingerprint density at radius 3 is 3.18 bits per heavy atom. The van der Waals surface area contributed by atoms with Crippen molar-refractivity contribution in [2.75, 3.05) is 18.8 Å². The first-order valence-electron chi connectivity index (χ1n) is 5.70. The van der Waals surface area contributed by atoms with E-state index in [1.807, 2.05) is 0 Å². The molecule has 2 heterocycles. The highest BCUT2D eigenvalue weighted by Crippen LogP contribution is 2.09. The van der Waals surface area contributed by atoms with Crippen LogP contribution in [0.5, 0.6) is 0 Å². The lowest BCUT2D eigenvalue weighted by molar-refractivity contribution is -0.124. The fourth-order valence-corrected chi connectivity index (χ4v) is 2.12. The number of rotatable bonds is 5. The number of aromatic nitrogens is 2. The number of piperazine rings is 1. The molecule has 0 radical (unpaired) electrons. The quantitative estimate of drug-likeness (QED) is 0.769. The van der Waals surface area contributed by atoms with E-state index in [0.717, 1.165) is 18.1 Å². The molecule has 1 aromatic heterocycles. The van der Waals surface area contributed by atoms with Crippen molar-refractivity contribution in [2.45, 2.75) is 25.1 Å². The number of carbonyl (C=O) groups is 1. The maximum absolute atomic E-state index is 11.5. The normalized spacial score (nSPS) is 20.3. The molecule has 1 amide bonds. The second-order valence-electron chi connectivity index (χ2n) is 3.74. The molecule has 1 aromatic rings. The SMILES string of the molecule is CCSCc1noc(CC2NCCNC2=O)n1. The molecule has 6 nitrogen and oxygen atoms in total. The Morgan fingerprint density at radius 1 is 1.53 bits per heavy atom. The summed E-state index contributed by atoms with van der Waals surface area (Å²) in [5, 5.41) is 9.80. The number of nitrogens with zero attached hydrogens (tertiary/aromatic N) is 2. The summed E-state index contributed by atoms with van der Waals surface area (Å²) in [5.41, 5.74) is 0. The van der Waals surface area contributed by atoms with Gasteiger partial charge in [-0.1, -0.05) is 12.1 Å². The Kier molecular flexibility index (Phi) is 4.38. The molecular formula is C10H16N4O2S. The van der Waals surface area contributed by atoms with Crippen molar-refractivity contribution in [3.8, 4) is 0 Å². The fraction of sp³-hybridized carbons (Fsp3) is 0.700. The number of carbonyl (C=O) groups excluding carboxylic acids is 1. The highest BCUT2D eigenvalue weighted by Gasteiger charge is 2.24. The molecule has 1 aliphatic heterocycles. The third-order valence-corrected chi connectivity index (χ3v) is 3.33. The number of hydrogen-bond acceptors (Lipinski definition) is 6. The van der Waals surface area contributed by atoms with Crippen molar-refractivity contribution in [1.82, 2.24) is 20.8 Å². The topological polar surface area (TPSA) is 80.0 Å². The summed E-state index contributed by atoms with van der Waals surface area (Å²) in [4.78, 5) is 15.8. The van der Waals surface area contributed by atoms with E-state index in [4.69, 9.17) is 4.52 Å². The lowest BCUT2D eigenvalue weighted by Gasteiger charge is -2.21. The Balaban J connectivity index is 1.89. The van der Waals surface area contributed by atoms with Gasteiger partial charge in [-0.25, -0.2) is 0 Å². The van der Waals surface area contributed by atoms with Gasteiger partial charge in [0.1, 0.15) is 0 Å². The molecule has 0 saturated carbocycles. The Labute approximate surface area is 104 Å². The van der Waals surface area contributed by atoms with Gasteiger partial charge in [-0.2, -0.15) is 16.7 Å². The van der Waals surface area contributed by atoms with Gasteiger partial charge in [0.25, 0.3) is 0 Å². The molecule has 1 atom stereocenters. The maximum atomic E-state index is 11.5. The first-order valence-corrected chi connectivity index (χ1v) is 6.85. The first kappa shape index (κ1) is 12.4.